The molecule has 0 aliphatic heterocycles. The maximum absolute atomic E-state index is 12.6. The molecule has 0 spiro atoms. The summed E-state index contributed by atoms with van der Waals surface area (Å²) in [5, 5.41) is 2.75. The van der Waals surface area contributed by atoms with E-state index in [0.29, 0.717) is 31.8 Å². The fourth-order valence-electron chi connectivity index (χ4n) is 2.66. The summed E-state index contributed by atoms with van der Waals surface area (Å²) in [6, 6.07) is 13.7. The van der Waals surface area contributed by atoms with E-state index >= 15 is 0 Å². The number of carbonyl (C=O) groups excluding carboxylic acids is 1. The average Bonchev–Trinajstić information content (AvgIpc) is 2.67. The van der Waals surface area contributed by atoms with E-state index in [2.05, 4.69) is 5.32 Å². The Balaban J connectivity index is 1.98. The molecule has 0 atom stereocenters. The molecule has 1 amide bonds. The van der Waals surface area contributed by atoms with Crippen LogP contribution in [0.5, 0.6) is 5.75 Å². The number of amides is 1. The molecule has 0 aromatic heterocycles. The van der Waals surface area contributed by atoms with E-state index in [1.54, 1.807) is 26.0 Å². The van der Waals surface area contributed by atoms with E-state index in [0.717, 1.165) is 11.3 Å². The summed E-state index contributed by atoms with van der Waals surface area (Å²) in [6.07, 6.45) is 0. The fourth-order valence-corrected chi connectivity index (χ4v) is 4.16. The molecule has 0 radical (unpaired) electrons. The first-order valence-electron chi connectivity index (χ1n) is 8.97. The quantitative estimate of drug-likeness (QED) is 0.668. The van der Waals surface area contributed by atoms with Crippen molar-refractivity contribution in [3.63, 3.8) is 0 Å². The summed E-state index contributed by atoms with van der Waals surface area (Å²) >= 11 is 0. The van der Waals surface area contributed by atoms with Gasteiger partial charge in [0.2, 0.25) is 10.0 Å². The van der Waals surface area contributed by atoms with Crippen molar-refractivity contribution < 1.29 is 17.9 Å². The summed E-state index contributed by atoms with van der Waals surface area (Å²) in [7, 11) is -3.59. The zero-order valence-corrected chi connectivity index (χ0v) is 16.8. The van der Waals surface area contributed by atoms with E-state index < -0.39 is 10.0 Å². The van der Waals surface area contributed by atoms with Crippen LogP contribution in [0.2, 0.25) is 0 Å². The lowest BCUT2D eigenvalue weighted by Gasteiger charge is -2.18. The Kier molecular flexibility index (Phi) is 7.38. The Morgan fingerprint density at radius 3 is 2.44 bits per heavy atom. The highest BCUT2D eigenvalue weighted by Crippen LogP contribution is 2.17. The van der Waals surface area contributed by atoms with Crippen LogP contribution in [0.1, 0.15) is 29.8 Å². The number of hydrogen-bond acceptors (Lipinski definition) is 4. The van der Waals surface area contributed by atoms with Gasteiger partial charge in [-0.25, -0.2) is 8.42 Å². The van der Waals surface area contributed by atoms with Gasteiger partial charge in [-0.2, -0.15) is 4.31 Å². The van der Waals surface area contributed by atoms with Gasteiger partial charge in [0.1, 0.15) is 12.4 Å². The van der Waals surface area contributed by atoms with Gasteiger partial charge in [0.25, 0.3) is 5.91 Å². The number of sulfonamides is 1. The van der Waals surface area contributed by atoms with Crippen LogP contribution >= 0.6 is 0 Å². The number of nitrogens with zero attached hydrogens (tertiary/aromatic N) is 1. The van der Waals surface area contributed by atoms with Crippen molar-refractivity contribution in [1.82, 2.24) is 9.62 Å². The second-order valence-corrected chi connectivity index (χ2v) is 7.92. The minimum absolute atomic E-state index is 0.120. The third-order valence-corrected chi connectivity index (χ3v) is 6.22. The molecule has 0 unspecified atom stereocenters. The van der Waals surface area contributed by atoms with Crippen LogP contribution in [0.25, 0.3) is 0 Å². The predicted octanol–water partition coefficient (Wildman–Crippen LogP) is 2.83. The van der Waals surface area contributed by atoms with E-state index in [4.69, 9.17) is 4.74 Å². The largest absolute Gasteiger partial charge is 0.491 e. The molecule has 1 N–H and O–H groups in total. The van der Waals surface area contributed by atoms with E-state index in [-0.39, 0.29) is 10.8 Å². The highest BCUT2D eigenvalue weighted by molar-refractivity contribution is 7.89. The molecular weight excluding hydrogens is 364 g/mol. The molecule has 0 saturated carbocycles. The number of para-hydroxylation sites is 1. The molecule has 2 aromatic rings. The van der Waals surface area contributed by atoms with Gasteiger partial charge in [0.15, 0.2) is 0 Å². The summed E-state index contributed by atoms with van der Waals surface area (Å²) in [6.45, 7) is 6.93. The zero-order chi connectivity index (χ0) is 19.9. The first-order valence-corrected chi connectivity index (χ1v) is 10.4. The van der Waals surface area contributed by atoms with Crippen molar-refractivity contribution in [3.05, 3.63) is 59.7 Å². The number of nitrogens with one attached hydrogen (secondary N) is 1. The molecule has 0 fully saturated rings. The SMILES string of the molecule is CCN(CC)S(=O)(=O)c1cccc(C(=O)NCCOc2ccccc2C)c1. The Bertz CT molecular complexity index is 877. The van der Waals surface area contributed by atoms with Gasteiger partial charge < -0.3 is 10.1 Å². The highest BCUT2D eigenvalue weighted by Gasteiger charge is 2.22. The van der Waals surface area contributed by atoms with Gasteiger partial charge in [0.05, 0.1) is 11.4 Å². The van der Waals surface area contributed by atoms with Crippen LogP contribution in [0.4, 0.5) is 0 Å². The molecule has 146 valence electrons. The number of rotatable bonds is 9. The molecule has 2 rings (SSSR count). The third kappa shape index (κ3) is 5.30. The third-order valence-electron chi connectivity index (χ3n) is 4.18. The Morgan fingerprint density at radius 2 is 1.78 bits per heavy atom. The Labute approximate surface area is 161 Å². The Morgan fingerprint density at radius 1 is 1.07 bits per heavy atom. The number of hydrogen-bond donors (Lipinski definition) is 1. The minimum atomic E-state index is -3.59. The lowest BCUT2D eigenvalue weighted by Crippen LogP contribution is -2.31. The molecule has 6 nitrogen and oxygen atoms in total. The maximum Gasteiger partial charge on any atom is 0.251 e. The summed E-state index contributed by atoms with van der Waals surface area (Å²) in [5.41, 5.74) is 1.33. The smallest absolute Gasteiger partial charge is 0.251 e. The lowest BCUT2D eigenvalue weighted by molar-refractivity contribution is 0.0946. The highest BCUT2D eigenvalue weighted by atomic mass is 32.2. The van der Waals surface area contributed by atoms with Crippen LogP contribution in [-0.4, -0.2) is 44.9 Å². The maximum atomic E-state index is 12.6. The van der Waals surface area contributed by atoms with Crippen LogP contribution in [0, 0.1) is 6.92 Å². The van der Waals surface area contributed by atoms with Gasteiger partial charge in [0, 0.05) is 18.7 Å². The number of benzene rings is 2. The molecular formula is C20H26N2O4S. The van der Waals surface area contributed by atoms with Crippen molar-refractivity contribution in [3.8, 4) is 5.75 Å². The first kappa shape index (κ1) is 20.9. The monoisotopic (exact) mass is 390 g/mol. The zero-order valence-electron chi connectivity index (χ0n) is 15.9. The normalized spacial score (nSPS) is 11.4. The second-order valence-electron chi connectivity index (χ2n) is 5.99. The Hall–Kier alpha value is -2.38. The van der Waals surface area contributed by atoms with Gasteiger partial charge >= 0.3 is 0 Å². The van der Waals surface area contributed by atoms with Crippen LogP contribution < -0.4 is 10.1 Å². The molecule has 27 heavy (non-hydrogen) atoms. The van der Waals surface area contributed by atoms with Crippen molar-refractivity contribution in [2.75, 3.05) is 26.2 Å². The van der Waals surface area contributed by atoms with E-state index in [1.807, 2.05) is 31.2 Å². The fraction of sp³-hybridized carbons (Fsp3) is 0.350. The average molecular weight is 391 g/mol. The van der Waals surface area contributed by atoms with Crippen molar-refractivity contribution in [2.24, 2.45) is 0 Å². The van der Waals surface area contributed by atoms with Gasteiger partial charge in [-0.3, -0.25) is 4.79 Å². The van der Waals surface area contributed by atoms with E-state index in [1.165, 1.54) is 16.4 Å². The van der Waals surface area contributed by atoms with Crippen LogP contribution in [0.15, 0.2) is 53.4 Å². The van der Waals surface area contributed by atoms with Crippen molar-refractivity contribution >= 4 is 15.9 Å². The molecule has 7 heteroatoms. The van der Waals surface area contributed by atoms with Gasteiger partial charge in [-0.15, -0.1) is 0 Å². The van der Waals surface area contributed by atoms with Gasteiger partial charge in [-0.05, 0) is 36.8 Å². The number of ether oxygens (including phenoxy) is 1. The van der Waals surface area contributed by atoms with Crippen LogP contribution in [-0.2, 0) is 10.0 Å². The lowest BCUT2D eigenvalue weighted by atomic mass is 10.2. The number of carbonyl (C=O) groups is 1. The molecule has 0 aliphatic carbocycles. The topological polar surface area (TPSA) is 75.7 Å². The summed E-state index contributed by atoms with van der Waals surface area (Å²) < 4.78 is 32.2. The summed E-state index contributed by atoms with van der Waals surface area (Å²) in [4.78, 5) is 12.5. The molecule has 0 bridgehead atoms. The van der Waals surface area contributed by atoms with Crippen LogP contribution in [0.3, 0.4) is 0 Å². The van der Waals surface area contributed by atoms with Crippen molar-refractivity contribution in [1.29, 1.82) is 0 Å². The molecule has 0 saturated heterocycles. The first-order chi connectivity index (χ1) is 12.9. The molecule has 0 aliphatic rings. The van der Waals surface area contributed by atoms with E-state index in [9.17, 15) is 13.2 Å². The van der Waals surface area contributed by atoms with Crippen molar-refractivity contribution in [2.45, 2.75) is 25.7 Å². The summed E-state index contributed by atoms with van der Waals surface area (Å²) in [5.74, 6) is 0.444. The van der Waals surface area contributed by atoms with Gasteiger partial charge in [-0.1, -0.05) is 38.1 Å². The molecule has 0 heterocycles. The standard InChI is InChI=1S/C20H26N2O4S/c1-4-22(5-2)27(24,25)18-11-8-10-17(15-18)20(23)21-13-14-26-19-12-7-6-9-16(19)3/h6-12,15H,4-5,13-14H2,1-3H3,(H,21,23). The second kappa shape index (κ2) is 9.53. The predicted molar refractivity (Wildman–Crippen MR) is 106 cm³/mol. The number of aryl methyl sites for hydroxylation is 1. The molecule has 2 aromatic carbocycles. The minimum Gasteiger partial charge on any atom is -0.491 e.